The monoisotopic (exact) mass is 438 g/mol. The number of nitrogens with zero attached hydrogens (tertiary/aromatic N) is 3. The lowest BCUT2D eigenvalue weighted by Gasteiger charge is -2.32. The molecule has 1 atom stereocenters. The third kappa shape index (κ3) is 5.49. The molecule has 4 rings (SSSR count). The van der Waals surface area contributed by atoms with E-state index in [0.29, 0.717) is 36.2 Å². The molecule has 0 bridgehead atoms. The lowest BCUT2D eigenvalue weighted by Crippen LogP contribution is -2.43. The number of nitrogens with one attached hydrogen (secondary N) is 1. The van der Waals surface area contributed by atoms with Crippen LogP contribution in [0.3, 0.4) is 0 Å². The molecular weight excluding hydrogens is 416 g/mol. The third-order valence-electron chi connectivity index (χ3n) is 5.31. The molecule has 1 aliphatic heterocycles. The Morgan fingerprint density at radius 1 is 1.13 bits per heavy atom. The summed E-state index contributed by atoms with van der Waals surface area (Å²) in [7, 11) is 0. The topological polar surface area (TPSA) is 88.3 Å². The fourth-order valence-corrected chi connectivity index (χ4v) is 3.75. The fourth-order valence-electron chi connectivity index (χ4n) is 3.63. The van der Waals surface area contributed by atoms with Crippen molar-refractivity contribution in [1.29, 1.82) is 0 Å². The van der Waals surface area contributed by atoms with E-state index in [1.807, 2.05) is 42.5 Å². The number of anilines is 1. The molecule has 0 aliphatic carbocycles. The van der Waals surface area contributed by atoms with Crippen LogP contribution in [0.15, 0.2) is 59.1 Å². The van der Waals surface area contributed by atoms with Crippen LogP contribution in [0.1, 0.15) is 25.2 Å². The lowest BCUT2D eigenvalue weighted by atomic mass is 9.96. The second-order valence-electron chi connectivity index (χ2n) is 7.55. The van der Waals surface area contributed by atoms with Crippen molar-refractivity contribution in [2.45, 2.75) is 25.7 Å². The zero-order valence-electron chi connectivity index (χ0n) is 17.0. The average Bonchev–Trinajstić information content (AvgIpc) is 3.28. The van der Waals surface area contributed by atoms with Crippen LogP contribution in [-0.2, 0) is 16.0 Å². The van der Waals surface area contributed by atoms with Crippen LogP contribution in [0.25, 0.3) is 11.4 Å². The van der Waals surface area contributed by atoms with Gasteiger partial charge in [0.2, 0.25) is 23.5 Å². The zero-order valence-corrected chi connectivity index (χ0v) is 17.7. The molecule has 31 heavy (non-hydrogen) atoms. The SMILES string of the molecule is O=C(Nc1ccccc1)C1CCCN(C(=O)CCc2nc(-c3ccc(Cl)cc3)no2)C1. The Hall–Kier alpha value is -3.19. The molecule has 0 saturated carbocycles. The molecule has 0 spiro atoms. The van der Waals surface area contributed by atoms with Crippen LogP contribution in [-0.4, -0.2) is 39.9 Å². The largest absolute Gasteiger partial charge is 0.342 e. The Bertz CT molecular complexity index is 1040. The minimum Gasteiger partial charge on any atom is -0.342 e. The van der Waals surface area contributed by atoms with Crippen LogP contribution in [0.5, 0.6) is 0 Å². The van der Waals surface area contributed by atoms with E-state index in [-0.39, 0.29) is 24.2 Å². The maximum Gasteiger partial charge on any atom is 0.229 e. The van der Waals surface area contributed by atoms with Gasteiger partial charge in [0, 0.05) is 42.2 Å². The molecule has 3 aromatic rings. The molecule has 160 valence electrons. The number of halogens is 1. The number of likely N-dealkylation sites (tertiary alicyclic amines) is 1. The number of amides is 2. The van der Waals surface area contributed by atoms with E-state index in [1.165, 1.54) is 0 Å². The van der Waals surface area contributed by atoms with Gasteiger partial charge in [-0.15, -0.1) is 0 Å². The summed E-state index contributed by atoms with van der Waals surface area (Å²) in [5, 5.41) is 7.54. The number of carbonyl (C=O) groups excluding carboxylic acids is 2. The first-order valence-corrected chi connectivity index (χ1v) is 10.7. The van der Waals surface area contributed by atoms with Crippen molar-refractivity contribution < 1.29 is 14.1 Å². The maximum absolute atomic E-state index is 12.7. The van der Waals surface area contributed by atoms with E-state index in [0.717, 1.165) is 24.1 Å². The van der Waals surface area contributed by atoms with Gasteiger partial charge >= 0.3 is 0 Å². The molecule has 2 heterocycles. The summed E-state index contributed by atoms with van der Waals surface area (Å²) >= 11 is 5.90. The Morgan fingerprint density at radius 2 is 1.90 bits per heavy atom. The summed E-state index contributed by atoms with van der Waals surface area (Å²) in [5.41, 5.74) is 1.57. The number of benzene rings is 2. The molecule has 1 fully saturated rings. The highest BCUT2D eigenvalue weighted by Gasteiger charge is 2.28. The van der Waals surface area contributed by atoms with Crippen LogP contribution >= 0.6 is 11.6 Å². The van der Waals surface area contributed by atoms with Gasteiger partial charge in [-0.2, -0.15) is 4.98 Å². The summed E-state index contributed by atoms with van der Waals surface area (Å²) in [6.45, 7) is 1.09. The van der Waals surface area contributed by atoms with Gasteiger partial charge in [0.15, 0.2) is 0 Å². The van der Waals surface area contributed by atoms with Crippen molar-refractivity contribution in [1.82, 2.24) is 15.0 Å². The van der Waals surface area contributed by atoms with Crippen LogP contribution < -0.4 is 5.32 Å². The predicted molar refractivity (Wildman–Crippen MR) is 117 cm³/mol. The second-order valence-corrected chi connectivity index (χ2v) is 7.99. The first-order valence-electron chi connectivity index (χ1n) is 10.3. The summed E-state index contributed by atoms with van der Waals surface area (Å²) in [5.74, 6) is 0.609. The van der Waals surface area contributed by atoms with Crippen LogP contribution in [0.2, 0.25) is 5.02 Å². The molecule has 1 saturated heterocycles. The zero-order chi connectivity index (χ0) is 21.6. The number of carbonyl (C=O) groups is 2. The molecule has 1 N–H and O–H groups in total. The van der Waals surface area contributed by atoms with Gasteiger partial charge < -0.3 is 14.7 Å². The Labute approximate surface area is 185 Å². The second kappa shape index (κ2) is 9.75. The first kappa shape index (κ1) is 21.1. The van der Waals surface area contributed by atoms with E-state index in [1.54, 1.807) is 17.0 Å². The number of para-hydroxylation sites is 1. The Balaban J connectivity index is 1.29. The van der Waals surface area contributed by atoms with Gasteiger partial charge in [0.25, 0.3) is 0 Å². The quantitative estimate of drug-likeness (QED) is 0.623. The number of aromatic nitrogens is 2. The average molecular weight is 439 g/mol. The van der Waals surface area contributed by atoms with Gasteiger partial charge in [-0.05, 0) is 49.2 Å². The summed E-state index contributed by atoms with van der Waals surface area (Å²) in [6, 6.07) is 16.5. The summed E-state index contributed by atoms with van der Waals surface area (Å²) in [6.07, 6.45) is 2.20. The predicted octanol–water partition coefficient (Wildman–Crippen LogP) is 4.20. The number of hydrogen-bond donors (Lipinski definition) is 1. The van der Waals surface area contributed by atoms with Crippen molar-refractivity contribution in [3.05, 3.63) is 65.5 Å². The molecular formula is C23H23ClN4O3. The van der Waals surface area contributed by atoms with Gasteiger partial charge in [0.1, 0.15) is 0 Å². The minimum atomic E-state index is -0.210. The first-order chi connectivity index (χ1) is 15.1. The van der Waals surface area contributed by atoms with Gasteiger partial charge in [-0.25, -0.2) is 0 Å². The summed E-state index contributed by atoms with van der Waals surface area (Å²) in [4.78, 5) is 31.4. The molecule has 7 nitrogen and oxygen atoms in total. The molecule has 8 heteroatoms. The molecule has 1 aromatic heterocycles. The van der Waals surface area contributed by atoms with Crippen molar-refractivity contribution in [2.24, 2.45) is 5.92 Å². The van der Waals surface area contributed by atoms with Gasteiger partial charge in [-0.1, -0.05) is 35.0 Å². The Morgan fingerprint density at radius 3 is 2.68 bits per heavy atom. The van der Waals surface area contributed by atoms with E-state index >= 15 is 0 Å². The molecule has 0 radical (unpaired) electrons. The number of aryl methyl sites for hydroxylation is 1. The smallest absolute Gasteiger partial charge is 0.229 e. The van der Waals surface area contributed by atoms with E-state index in [2.05, 4.69) is 15.5 Å². The highest BCUT2D eigenvalue weighted by atomic mass is 35.5. The molecule has 1 unspecified atom stereocenters. The minimum absolute atomic E-state index is 0.0107. The van der Waals surface area contributed by atoms with Crippen molar-refractivity contribution in [3.8, 4) is 11.4 Å². The van der Waals surface area contributed by atoms with Crippen LogP contribution in [0, 0.1) is 5.92 Å². The summed E-state index contributed by atoms with van der Waals surface area (Å²) < 4.78 is 5.28. The van der Waals surface area contributed by atoms with E-state index in [4.69, 9.17) is 16.1 Å². The Kier molecular flexibility index (Phi) is 6.62. The molecule has 1 aliphatic rings. The van der Waals surface area contributed by atoms with Crippen LogP contribution in [0.4, 0.5) is 5.69 Å². The third-order valence-corrected chi connectivity index (χ3v) is 5.56. The van der Waals surface area contributed by atoms with Crippen molar-refractivity contribution >= 4 is 29.1 Å². The van der Waals surface area contributed by atoms with Gasteiger partial charge in [-0.3, -0.25) is 9.59 Å². The maximum atomic E-state index is 12.7. The normalized spacial score (nSPS) is 16.2. The fraction of sp³-hybridized carbons (Fsp3) is 0.304. The standard InChI is InChI=1S/C23H23ClN4O3/c24-18-10-8-16(9-11-18)22-26-20(31-27-22)12-13-21(29)28-14-4-5-17(15-28)23(30)25-19-6-2-1-3-7-19/h1-3,6-11,17H,4-5,12-15H2,(H,25,30). The van der Waals surface area contributed by atoms with E-state index < -0.39 is 0 Å². The van der Waals surface area contributed by atoms with Crippen molar-refractivity contribution in [3.63, 3.8) is 0 Å². The van der Waals surface area contributed by atoms with E-state index in [9.17, 15) is 9.59 Å². The highest BCUT2D eigenvalue weighted by Crippen LogP contribution is 2.21. The van der Waals surface area contributed by atoms with Gasteiger partial charge in [0.05, 0.1) is 5.92 Å². The number of rotatable bonds is 6. The molecule has 2 amide bonds. The van der Waals surface area contributed by atoms with Crippen molar-refractivity contribution in [2.75, 3.05) is 18.4 Å². The number of piperidine rings is 1. The number of hydrogen-bond acceptors (Lipinski definition) is 5. The molecule has 2 aromatic carbocycles. The highest BCUT2D eigenvalue weighted by molar-refractivity contribution is 6.30. The lowest BCUT2D eigenvalue weighted by molar-refractivity contribution is -0.134.